The smallest absolute Gasteiger partial charge is 0.228 e. The molecule has 2 aromatic heterocycles. The van der Waals surface area contributed by atoms with E-state index < -0.39 is 8.07 Å². The number of aromatic nitrogens is 1. The van der Waals surface area contributed by atoms with Gasteiger partial charge in [-0.25, -0.2) is 4.57 Å². The third-order valence-electron chi connectivity index (χ3n) is 7.22. The third kappa shape index (κ3) is 2.50. The highest BCUT2D eigenvalue weighted by atomic mass is 28.3. The average molecular weight is 437 g/mol. The number of aryl methyl sites for hydroxylation is 3. The molecule has 0 fully saturated rings. The fourth-order valence-corrected chi connectivity index (χ4v) is 7.61. The second-order valence-electron chi connectivity index (χ2n) is 9.42. The molecule has 3 aromatic carbocycles. The van der Waals surface area contributed by atoms with Crippen molar-refractivity contribution >= 4 is 40.2 Å². The zero-order chi connectivity index (χ0) is 22.2. The van der Waals surface area contributed by atoms with Crippen LogP contribution in [0.25, 0.3) is 33.0 Å². The van der Waals surface area contributed by atoms with E-state index in [2.05, 4.69) is 93.3 Å². The predicted molar refractivity (Wildman–Crippen MR) is 133 cm³/mol. The van der Waals surface area contributed by atoms with E-state index in [1.54, 1.807) is 6.26 Å². The Morgan fingerprint density at radius 2 is 1.66 bits per heavy atom. The maximum Gasteiger partial charge on any atom is 0.228 e. The van der Waals surface area contributed by atoms with E-state index in [1.165, 1.54) is 26.8 Å². The minimum absolute atomic E-state index is 0.944. The first-order valence-electron chi connectivity index (χ1n) is 11.1. The Bertz CT molecular complexity index is 1550. The fraction of sp³-hybridized carbons (Fsp3) is 0.179. The predicted octanol–water partition coefficient (Wildman–Crippen LogP) is 5.62. The molecule has 3 nitrogen and oxygen atoms in total. The summed E-state index contributed by atoms with van der Waals surface area (Å²) in [6, 6.07) is 19.8. The van der Waals surface area contributed by atoms with Crippen molar-refractivity contribution in [3.8, 4) is 22.8 Å². The van der Waals surface area contributed by atoms with Crippen LogP contribution < -0.4 is 19.7 Å². The van der Waals surface area contributed by atoms with E-state index in [1.807, 2.05) is 6.07 Å². The van der Waals surface area contributed by atoms with Crippen LogP contribution in [0.4, 0.5) is 0 Å². The highest BCUT2D eigenvalue weighted by Gasteiger charge is 2.35. The molecular weight excluding hydrogens is 410 g/mol. The van der Waals surface area contributed by atoms with Crippen LogP contribution >= 0.6 is 0 Å². The molecule has 0 N–H and O–H groups in total. The summed E-state index contributed by atoms with van der Waals surface area (Å²) in [6.07, 6.45) is 3.94. The summed E-state index contributed by atoms with van der Waals surface area (Å²) in [7, 11) is 0.238. The quantitative estimate of drug-likeness (QED) is 0.260. The SMILES string of the molecule is Cc1c2c(c(C)c3occc13)-c1c3c(cc([Si](C)(C)c4ccccc4)cc3cc[n+]1C)O2. The van der Waals surface area contributed by atoms with Crippen molar-refractivity contribution in [3.05, 3.63) is 78.2 Å². The van der Waals surface area contributed by atoms with E-state index in [0.29, 0.717) is 0 Å². The van der Waals surface area contributed by atoms with Crippen LogP contribution in [0.5, 0.6) is 11.5 Å². The van der Waals surface area contributed by atoms with Gasteiger partial charge in [0, 0.05) is 22.6 Å². The number of hydrogen-bond acceptors (Lipinski definition) is 2. The van der Waals surface area contributed by atoms with Gasteiger partial charge in [0.25, 0.3) is 0 Å². The molecule has 4 heteroatoms. The summed E-state index contributed by atoms with van der Waals surface area (Å²) in [5.41, 5.74) is 5.53. The monoisotopic (exact) mass is 436 g/mol. The summed E-state index contributed by atoms with van der Waals surface area (Å²) in [5, 5.41) is 6.33. The molecule has 0 atom stereocenters. The Kier molecular flexibility index (Phi) is 3.96. The number of nitrogens with zero attached hydrogens (tertiary/aromatic N) is 1. The molecule has 0 saturated carbocycles. The molecule has 0 bridgehead atoms. The third-order valence-corrected chi connectivity index (χ3v) is 10.7. The highest BCUT2D eigenvalue weighted by Crippen LogP contribution is 2.50. The van der Waals surface area contributed by atoms with Gasteiger partial charge in [0.1, 0.15) is 32.2 Å². The summed E-state index contributed by atoms with van der Waals surface area (Å²) in [5.74, 6) is 1.90. The van der Waals surface area contributed by atoms with Crippen molar-refractivity contribution in [1.82, 2.24) is 0 Å². The van der Waals surface area contributed by atoms with E-state index in [4.69, 9.17) is 9.15 Å². The molecule has 0 saturated heterocycles. The van der Waals surface area contributed by atoms with Gasteiger partial charge in [-0.05, 0) is 31.4 Å². The van der Waals surface area contributed by atoms with Crippen LogP contribution in [0.3, 0.4) is 0 Å². The highest BCUT2D eigenvalue weighted by molar-refractivity contribution is 7.00. The van der Waals surface area contributed by atoms with Crippen LogP contribution in [0.2, 0.25) is 13.1 Å². The van der Waals surface area contributed by atoms with Gasteiger partial charge in [-0.2, -0.15) is 0 Å². The van der Waals surface area contributed by atoms with E-state index >= 15 is 0 Å². The minimum Gasteiger partial charge on any atom is -0.464 e. The average Bonchev–Trinajstić information content (AvgIpc) is 3.30. The number of fused-ring (bicyclic) bond motifs is 3. The van der Waals surface area contributed by atoms with Crippen LogP contribution in [-0.2, 0) is 7.05 Å². The second kappa shape index (κ2) is 6.56. The topological polar surface area (TPSA) is 26.2 Å². The first-order valence-corrected chi connectivity index (χ1v) is 14.1. The maximum absolute atomic E-state index is 6.73. The largest absolute Gasteiger partial charge is 0.464 e. The lowest BCUT2D eigenvalue weighted by Crippen LogP contribution is -2.52. The molecule has 3 heterocycles. The van der Waals surface area contributed by atoms with Crippen LogP contribution in [0.15, 0.2) is 71.5 Å². The summed E-state index contributed by atoms with van der Waals surface area (Å²) >= 11 is 0. The van der Waals surface area contributed by atoms with Crippen LogP contribution in [-0.4, -0.2) is 8.07 Å². The van der Waals surface area contributed by atoms with Gasteiger partial charge in [-0.1, -0.05) is 59.9 Å². The molecule has 0 aliphatic carbocycles. The molecule has 158 valence electrons. The Morgan fingerprint density at radius 3 is 2.44 bits per heavy atom. The van der Waals surface area contributed by atoms with Crippen LogP contribution in [0, 0.1) is 13.8 Å². The van der Waals surface area contributed by atoms with Crippen LogP contribution in [0.1, 0.15) is 11.1 Å². The van der Waals surface area contributed by atoms with Crippen molar-refractivity contribution < 1.29 is 13.7 Å². The molecule has 32 heavy (non-hydrogen) atoms. The molecule has 1 aliphatic heterocycles. The maximum atomic E-state index is 6.73. The first kappa shape index (κ1) is 19.3. The van der Waals surface area contributed by atoms with E-state index in [9.17, 15) is 0 Å². The van der Waals surface area contributed by atoms with Gasteiger partial charge >= 0.3 is 0 Å². The number of ether oxygens (including phenoxy) is 1. The summed E-state index contributed by atoms with van der Waals surface area (Å²) in [4.78, 5) is 0. The molecular formula is C28H26NO2Si+. The van der Waals surface area contributed by atoms with Gasteiger partial charge in [0.15, 0.2) is 6.20 Å². The molecule has 0 spiro atoms. The van der Waals surface area contributed by atoms with Crippen molar-refractivity contribution in [2.45, 2.75) is 26.9 Å². The Hall–Kier alpha value is -3.37. The number of rotatable bonds is 2. The van der Waals surface area contributed by atoms with Gasteiger partial charge in [0.05, 0.1) is 17.2 Å². The van der Waals surface area contributed by atoms with Gasteiger partial charge in [-0.3, -0.25) is 0 Å². The number of hydrogen-bond donors (Lipinski definition) is 0. The lowest BCUT2D eigenvalue weighted by molar-refractivity contribution is -0.659. The molecule has 5 aromatic rings. The molecule has 0 radical (unpaired) electrons. The molecule has 6 rings (SSSR count). The molecule has 0 unspecified atom stereocenters. The zero-order valence-corrected chi connectivity index (χ0v) is 20.1. The van der Waals surface area contributed by atoms with Gasteiger partial charge < -0.3 is 9.15 Å². The van der Waals surface area contributed by atoms with Crippen molar-refractivity contribution in [1.29, 1.82) is 0 Å². The fourth-order valence-electron chi connectivity index (χ4n) is 5.24. The molecule has 0 amide bonds. The van der Waals surface area contributed by atoms with Crippen molar-refractivity contribution in [2.75, 3.05) is 0 Å². The first-order chi connectivity index (χ1) is 15.4. The second-order valence-corrected chi connectivity index (χ2v) is 13.8. The van der Waals surface area contributed by atoms with E-state index in [0.717, 1.165) is 39.2 Å². The number of furan rings is 1. The standard InChI is InChI=1S/C28H26NO2Si/c1-17-22-12-14-30-27(22)18(2)24-26-25-19(11-13-29(26)3)15-21(16-23(25)31-28(17)24)32(4,5)20-9-7-6-8-10-20/h6-16H,1-5H3/q+1. The van der Waals surface area contributed by atoms with Gasteiger partial charge in [-0.15, -0.1) is 0 Å². The zero-order valence-electron chi connectivity index (χ0n) is 19.1. The summed E-state index contributed by atoms with van der Waals surface area (Å²) < 4.78 is 14.8. The Morgan fingerprint density at radius 1 is 0.875 bits per heavy atom. The lowest BCUT2D eigenvalue weighted by atomic mass is 9.92. The minimum atomic E-state index is -1.88. The number of pyridine rings is 1. The number of benzene rings is 3. The Labute approximate surface area is 188 Å². The Balaban J connectivity index is 1.68. The summed E-state index contributed by atoms with van der Waals surface area (Å²) in [6.45, 7) is 9.10. The van der Waals surface area contributed by atoms with E-state index in [-0.39, 0.29) is 0 Å². The van der Waals surface area contributed by atoms with Crippen molar-refractivity contribution in [2.24, 2.45) is 7.05 Å². The van der Waals surface area contributed by atoms with Gasteiger partial charge in [0.2, 0.25) is 5.69 Å². The lowest BCUT2D eigenvalue weighted by Gasteiger charge is -2.27. The normalized spacial score (nSPS) is 12.8. The van der Waals surface area contributed by atoms with Crippen molar-refractivity contribution in [3.63, 3.8) is 0 Å². The molecule has 1 aliphatic rings.